The maximum absolute atomic E-state index is 12.7. The normalized spacial score (nSPS) is 16.9. The van der Waals surface area contributed by atoms with Gasteiger partial charge in [0.25, 0.3) is 5.91 Å². The Balaban J connectivity index is 1.97. The molecule has 1 saturated heterocycles. The van der Waals surface area contributed by atoms with Crippen molar-refractivity contribution >= 4 is 16.8 Å². The SMILES string of the molecule is Cc1[nH]c2c(C(=O)N3CCN(C)CC3)cccc2c1C. The Morgan fingerprint density at radius 3 is 2.55 bits per heavy atom. The Kier molecular flexibility index (Phi) is 3.26. The number of nitrogens with one attached hydrogen (secondary N) is 1. The molecule has 2 heterocycles. The van der Waals surface area contributed by atoms with Gasteiger partial charge in [-0.2, -0.15) is 0 Å². The minimum absolute atomic E-state index is 0.143. The molecule has 0 atom stereocenters. The molecule has 1 aliphatic heterocycles. The van der Waals surface area contributed by atoms with Crippen molar-refractivity contribution in [2.45, 2.75) is 13.8 Å². The minimum atomic E-state index is 0.143. The average Bonchev–Trinajstić information content (AvgIpc) is 2.74. The van der Waals surface area contributed by atoms with Crippen LogP contribution in [0.4, 0.5) is 0 Å². The number of nitrogens with zero attached hydrogens (tertiary/aromatic N) is 2. The van der Waals surface area contributed by atoms with Gasteiger partial charge in [0, 0.05) is 37.3 Å². The molecule has 3 rings (SSSR count). The highest BCUT2D eigenvalue weighted by molar-refractivity contribution is 6.06. The van der Waals surface area contributed by atoms with Gasteiger partial charge in [0.1, 0.15) is 0 Å². The van der Waals surface area contributed by atoms with Crippen LogP contribution in [0.2, 0.25) is 0 Å². The van der Waals surface area contributed by atoms with E-state index in [4.69, 9.17) is 0 Å². The zero-order chi connectivity index (χ0) is 14.3. The van der Waals surface area contributed by atoms with Gasteiger partial charge in [-0.3, -0.25) is 4.79 Å². The lowest BCUT2D eigenvalue weighted by Crippen LogP contribution is -2.47. The van der Waals surface area contributed by atoms with E-state index in [0.29, 0.717) is 0 Å². The van der Waals surface area contributed by atoms with Gasteiger partial charge < -0.3 is 14.8 Å². The van der Waals surface area contributed by atoms with E-state index in [1.807, 2.05) is 17.0 Å². The first-order valence-corrected chi connectivity index (χ1v) is 7.13. The minimum Gasteiger partial charge on any atom is -0.358 e. The average molecular weight is 271 g/mol. The number of rotatable bonds is 1. The lowest BCUT2D eigenvalue weighted by molar-refractivity contribution is 0.0666. The molecule has 0 spiro atoms. The summed E-state index contributed by atoms with van der Waals surface area (Å²) in [5, 5.41) is 1.16. The van der Waals surface area contributed by atoms with Crippen LogP contribution in [0.3, 0.4) is 0 Å². The number of carbonyl (C=O) groups excluding carboxylic acids is 1. The van der Waals surface area contributed by atoms with Crippen LogP contribution in [0, 0.1) is 13.8 Å². The predicted octanol–water partition coefficient (Wildman–Crippen LogP) is 2.17. The summed E-state index contributed by atoms with van der Waals surface area (Å²) in [5.41, 5.74) is 4.14. The fourth-order valence-electron chi connectivity index (χ4n) is 2.84. The molecule has 106 valence electrons. The number of carbonyl (C=O) groups is 1. The fraction of sp³-hybridized carbons (Fsp3) is 0.438. The summed E-state index contributed by atoms with van der Waals surface area (Å²) >= 11 is 0. The molecule has 4 heteroatoms. The topological polar surface area (TPSA) is 39.3 Å². The molecule has 1 aliphatic rings. The third-order valence-corrected chi connectivity index (χ3v) is 4.36. The van der Waals surface area contributed by atoms with E-state index >= 15 is 0 Å². The Hall–Kier alpha value is -1.81. The van der Waals surface area contributed by atoms with Crippen LogP contribution in [0.25, 0.3) is 10.9 Å². The van der Waals surface area contributed by atoms with E-state index in [9.17, 15) is 4.79 Å². The summed E-state index contributed by atoms with van der Waals surface area (Å²) in [6.45, 7) is 7.67. The summed E-state index contributed by atoms with van der Waals surface area (Å²) in [5.74, 6) is 0.143. The molecular formula is C16H21N3O. The zero-order valence-electron chi connectivity index (χ0n) is 12.4. The quantitative estimate of drug-likeness (QED) is 0.863. The van der Waals surface area contributed by atoms with E-state index < -0.39 is 0 Å². The number of aryl methyl sites for hydroxylation is 2. The van der Waals surface area contributed by atoms with Crippen molar-refractivity contribution < 1.29 is 4.79 Å². The fourth-order valence-corrected chi connectivity index (χ4v) is 2.84. The van der Waals surface area contributed by atoms with Crippen LogP contribution in [-0.4, -0.2) is 53.9 Å². The standard InChI is InChI=1S/C16H21N3O/c1-11-12(2)17-15-13(11)5-4-6-14(15)16(20)19-9-7-18(3)8-10-19/h4-6,17H,7-10H2,1-3H3. The Bertz CT molecular complexity index is 651. The van der Waals surface area contributed by atoms with Crippen LogP contribution < -0.4 is 0 Å². The molecule has 0 aliphatic carbocycles. The third kappa shape index (κ3) is 2.10. The van der Waals surface area contributed by atoms with Crippen LogP contribution in [0.1, 0.15) is 21.6 Å². The molecule has 4 nitrogen and oxygen atoms in total. The van der Waals surface area contributed by atoms with Crippen molar-refractivity contribution in [3.8, 4) is 0 Å². The van der Waals surface area contributed by atoms with Gasteiger partial charge in [-0.1, -0.05) is 12.1 Å². The van der Waals surface area contributed by atoms with E-state index in [-0.39, 0.29) is 5.91 Å². The number of fused-ring (bicyclic) bond motifs is 1. The van der Waals surface area contributed by atoms with Gasteiger partial charge in [-0.05, 0) is 32.5 Å². The number of aromatic amines is 1. The molecular weight excluding hydrogens is 250 g/mol. The molecule has 1 aromatic carbocycles. The van der Waals surface area contributed by atoms with Gasteiger partial charge in [-0.15, -0.1) is 0 Å². The maximum atomic E-state index is 12.7. The predicted molar refractivity (Wildman–Crippen MR) is 81.2 cm³/mol. The Morgan fingerprint density at radius 1 is 1.15 bits per heavy atom. The van der Waals surface area contributed by atoms with Crippen molar-refractivity contribution in [2.24, 2.45) is 0 Å². The lowest BCUT2D eigenvalue weighted by Gasteiger charge is -2.32. The molecule has 2 aromatic rings. The number of hydrogen-bond acceptors (Lipinski definition) is 2. The van der Waals surface area contributed by atoms with Crippen LogP contribution in [0.15, 0.2) is 18.2 Å². The highest BCUT2D eigenvalue weighted by atomic mass is 16.2. The van der Waals surface area contributed by atoms with Crippen molar-refractivity contribution in [3.05, 3.63) is 35.0 Å². The largest absolute Gasteiger partial charge is 0.358 e. The van der Waals surface area contributed by atoms with Crippen molar-refractivity contribution in [2.75, 3.05) is 33.2 Å². The first-order chi connectivity index (χ1) is 9.58. The van der Waals surface area contributed by atoms with Gasteiger partial charge in [-0.25, -0.2) is 0 Å². The number of likely N-dealkylation sites (N-methyl/N-ethyl adjacent to an activating group) is 1. The summed E-state index contributed by atoms with van der Waals surface area (Å²) in [4.78, 5) is 20.3. The first-order valence-electron chi connectivity index (χ1n) is 7.13. The van der Waals surface area contributed by atoms with E-state index in [0.717, 1.165) is 48.3 Å². The molecule has 20 heavy (non-hydrogen) atoms. The van der Waals surface area contributed by atoms with Crippen LogP contribution in [-0.2, 0) is 0 Å². The number of aromatic nitrogens is 1. The zero-order valence-corrected chi connectivity index (χ0v) is 12.4. The van der Waals surface area contributed by atoms with Gasteiger partial charge in [0.05, 0.1) is 11.1 Å². The smallest absolute Gasteiger partial charge is 0.256 e. The monoisotopic (exact) mass is 271 g/mol. The molecule has 0 radical (unpaired) electrons. The molecule has 0 unspecified atom stereocenters. The highest BCUT2D eigenvalue weighted by Gasteiger charge is 2.22. The Morgan fingerprint density at radius 2 is 1.85 bits per heavy atom. The number of H-pyrrole nitrogens is 1. The van der Waals surface area contributed by atoms with E-state index in [1.54, 1.807) is 0 Å². The second-order valence-corrected chi connectivity index (χ2v) is 5.70. The van der Waals surface area contributed by atoms with Gasteiger partial charge >= 0.3 is 0 Å². The molecule has 0 bridgehead atoms. The molecule has 1 N–H and O–H groups in total. The summed E-state index contributed by atoms with van der Waals surface area (Å²) in [6, 6.07) is 5.99. The molecule has 1 aromatic heterocycles. The van der Waals surface area contributed by atoms with Crippen LogP contribution >= 0.6 is 0 Å². The van der Waals surface area contributed by atoms with E-state index in [2.05, 4.69) is 36.8 Å². The Labute approximate surface area is 119 Å². The number of amides is 1. The lowest BCUT2D eigenvalue weighted by atomic mass is 10.1. The number of piperazine rings is 1. The highest BCUT2D eigenvalue weighted by Crippen LogP contribution is 2.25. The second kappa shape index (κ2) is 4.94. The van der Waals surface area contributed by atoms with Crippen LogP contribution in [0.5, 0.6) is 0 Å². The molecule has 0 saturated carbocycles. The summed E-state index contributed by atoms with van der Waals surface area (Å²) in [7, 11) is 2.10. The van der Waals surface area contributed by atoms with Gasteiger partial charge in [0.2, 0.25) is 0 Å². The van der Waals surface area contributed by atoms with E-state index in [1.165, 1.54) is 5.56 Å². The second-order valence-electron chi connectivity index (χ2n) is 5.70. The molecule has 1 amide bonds. The summed E-state index contributed by atoms with van der Waals surface area (Å²) < 4.78 is 0. The van der Waals surface area contributed by atoms with Crippen molar-refractivity contribution in [1.82, 2.24) is 14.8 Å². The first kappa shape index (κ1) is 13.2. The maximum Gasteiger partial charge on any atom is 0.256 e. The van der Waals surface area contributed by atoms with Crippen molar-refractivity contribution in [3.63, 3.8) is 0 Å². The number of para-hydroxylation sites is 1. The third-order valence-electron chi connectivity index (χ3n) is 4.36. The van der Waals surface area contributed by atoms with Gasteiger partial charge in [0.15, 0.2) is 0 Å². The number of hydrogen-bond donors (Lipinski definition) is 1. The number of benzene rings is 1. The molecule has 1 fully saturated rings. The van der Waals surface area contributed by atoms with Crippen molar-refractivity contribution in [1.29, 1.82) is 0 Å². The summed E-state index contributed by atoms with van der Waals surface area (Å²) in [6.07, 6.45) is 0.